The van der Waals surface area contributed by atoms with Crippen molar-refractivity contribution in [2.75, 3.05) is 26.9 Å². The van der Waals surface area contributed by atoms with E-state index >= 15 is 0 Å². The molecule has 1 N–H and O–H groups in total. The molecule has 0 saturated carbocycles. The number of alkyl carbamates (subject to hydrolysis) is 1. The molecule has 1 fully saturated rings. The number of ether oxygens (including phenoxy) is 3. The van der Waals surface area contributed by atoms with Crippen LogP contribution in [0.25, 0.3) is 6.08 Å². The van der Waals surface area contributed by atoms with E-state index in [1.165, 1.54) is 0 Å². The Morgan fingerprint density at radius 2 is 1.62 bits per heavy atom. The Balaban J connectivity index is 1.69. The van der Waals surface area contributed by atoms with Crippen molar-refractivity contribution >= 4 is 19.3 Å². The molecule has 182 valence electrons. The Kier molecular flexibility index (Phi) is 8.77. The van der Waals surface area contributed by atoms with Gasteiger partial charge in [-0.1, -0.05) is 48.5 Å². The first-order chi connectivity index (χ1) is 16.2. The number of carbonyl (C=O) groups excluding carboxylic acids is 1. The van der Waals surface area contributed by atoms with Crippen molar-refractivity contribution in [1.82, 2.24) is 5.32 Å². The van der Waals surface area contributed by atoms with Gasteiger partial charge in [-0.3, -0.25) is 0 Å². The maximum absolute atomic E-state index is 12.3. The van der Waals surface area contributed by atoms with Gasteiger partial charge in [0.1, 0.15) is 19.0 Å². The molecule has 0 radical (unpaired) electrons. The average molecular weight is 467 g/mol. The minimum Gasteiger partial charge on any atom is -0.491 e. The SMILES string of the molecule is COCCOc1ccc(C=C(CNC(=O)OCc2ccccc2)B2OC(C)(C)C(C)(C)O2)cc1. The zero-order valence-electron chi connectivity index (χ0n) is 20.6. The number of benzene rings is 2. The van der Waals surface area contributed by atoms with Crippen molar-refractivity contribution in [2.45, 2.75) is 45.5 Å². The summed E-state index contributed by atoms with van der Waals surface area (Å²) in [6.07, 6.45) is 1.45. The largest absolute Gasteiger partial charge is 0.492 e. The minimum absolute atomic E-state index is 0.201. The van der Waals surface area contributed by atoms with Crippen LogP contribution in [-0.2, 0) is 25.4 Å². The quantitative estimate of drug-likeness (QED) is 0.405. The molecule has 3 rings (SSSR count). The molecule has 2 aromatic carbocycles. The topological polar surface area (TPSA) is 75.3 Å². The lowest BCUT2D eigenvalue weighted by molar-refractivity contribution is 0.00578. The van der Waals surface area contributed by atoms with Crippen LogP contribution in [0.5, 0.6) is 5.75 Å². The highest BCUT2D eigenvalue weighted by atomic mass is 16.7. The van der Waals surface area contributed by atoms with Gasteiger partial charge in [0.25, 0.3) is 0 Å². The molecule has 1 aliphatic heterocycles. The second kappa shape index (κ2) is 11.6. The van der Waals surface area contributed by atoms with E-state index in [2.05, 4.69) is 5.32 Å². The molecule has 1 aliphatic rings. The highest BCUT2D eigenvalue weighted by Gasteiger charge is 2.52. The van der Waals surface area contributed by atoms with Gasteiger partial charge in [-0.25, -0.2) is 4.79 Å². The summed E-state index contributed by atoms with van der Waals surface area (Å²) in [5.41, 5.74) is 1.64. The summed E-state index contributed by atoms with van der Waals surface area (Å²) in [6, 6.07) is 17.2. The van der Waals surface area contributed by atoms with E-state index < -0.39 is 24.4 Å². The predicted molar refractivity (Wildman–Crippen MR) is 133 cm³/mol. The third-order valence-electron chi connectivity index (χ3n) is 5.99. The zero-order chi connectivity index (χ0) is 24.6. The molecule has 7 nitrogen and oxygen atoms in total. The van der Waals surface area contributed by atoms with Crippen molar-refractivity contribution in [3.63, 3.8) is 0 Å². The third kappa shape index (κ3) is 7.09. The van der Waals surface area contributed by atoms with Gasteiger partial charge >= 0.3 is 13.2 Å². The number of rotatable bonds is 10. The van der Waals surface area contributed by atoms with Crippen LogP contribution in [0.1, 0.15) is 38.8 Å². The molecular weight excluding hydrogens is 433 g/mol. The van der Waals surface area contributed by atoms with E-state index in [4.69, 9.17) is 23.5 Å². The van der Waals surface area contributed by atoms with Crippen molar-refractivity contribution < 1.29 is 28.3 Å². The first kappa shape index (κ1) is 25.8. The molecule has 0 aromatic heterocycles. The van der Waals surface area contributed by atoms with Gasteiger partial charge < -0.3 is 28.8 Å². The maximum Gasteiger partial charge on any atom is 0.492 e. The van der Waals surface area contributed by atoms with Crippen LogP contribution >= 0.6 is 0 Å². The summed E-state index contributed by atoms with van der Waals surface area (Å²) in [7, 11) is 1.04. The standard InChI is InChI=1S/C26H34BNO6/c1-25(2)26(3,4)34-27(33-25)22(17-20-11-13-23(14-12-20)31-16-15-30-5)18-28-24(29)32-19-21-9-7-6-8-10-21/h6-14,17H,15-16,18-19H2,1-5H3,(H,28,29). The fraction of sp³-hybridized carbons (Fsp3) is 0.423. The third-order valence-corrected chi connectivity index (χ3v) is 5.99. The lowest BCUT2D eigenvalue weighted by atomic mass is 9.77. The normalized spacial score (nSPS) is 16.9. The van der Waals surface area contributed by atoms with E-state index in [0.717, 1.165) is 22.3 Å². The second-order valence-corrected chi connectivity index (χ2v) is 9.13. The van der Waals surface area contributed by atoms with Crippen LogP contribution in [-0.4, -0.2) is 51.3 Å². The number of carbonyl (C=O) groups is 1. The van der Waals surface area contributed by atoms with Crippen LogP contribution in [0.15, 0.2) is 60.1 Å². The number of amides is 1. The van der Waals surface area contributed by atoms with Crippen molar-refractivity contribution in [1.29, 1.82) is 0 Å². The molecule has 0 bridgehead atoms. The first-order valence-corrected chi connectivity index (χ1v) is 11.4. The summed E-state index contributed by atoms with van der Waals surface area (Å²) in [6.45, 7) is 9.43. The van der Waals surface area contributed by atoms with Gasteiger partial charge in [-0.2, -0.15) is 0 Å². The lowest BCUT2D eigenvalue weighted by Gasteiger charge is -2.32. The van der Waals surface area contributed by atoms with Crippen LogP contribution in [0.2, 0.25) is 0 Å². The van der Waals surface area contributed by atoms with Gasteiger partial charge in [0.2, 0.25) is 0 Å². The Hall–Kier alpha value is -2.81. The Labute approximate surface area is 202 Å². The Morgan fingerprint density at radius 1 is 0.971 bits per heavy atom. The van der Waals surface area contributed by atoms with E-state index in [9.17, 15) is 4.79 Å². The van der Waals surface area contributed by atoms with Gasteiger partial charge in [0, 0.05) is 13.7 Å². The molecule has 2 aromatic rings. The highest BCUT2D eigenvalue weighted by molar-refractivity contribution is 6.56. The molecular formula is C26H34BNO6. The molecule has 0 unspecified atom stereocenters. The van der Waals surface area contributed by atoms with Crippen molar-refractivity contribution in [2.24, 2.45) is 0 Å². The van der Waals surface area contributed by atoms with E-state index in [1.54, 1.807) is 7.11 Å². The zero-order valence-corrected chi connectivity index (χ0v) is 20.6. The Morgan fingerprint density at radius 3 is 2.24 bits per heavy atom. The van der Waals surface area contributed by atoms with Gasteiger partial charge in [-0.05, 0) is 56.4 Å². The minimum atomic E-state index is -0.600. The summed E-state index contributed by atoms with van der Waals surface area (Å²) < 4.78 is 28.5. The molecule has 1 amide bonds. The Bertz CT molecular complexity index is 943. The monoisotopic (exact) mass is 467 g/mol. The number of hydrogen-bond donors (Lipinski definition) is 1. The summed E-state index contributed by atoms with van der Waals surface area (Å²) in [4.78, 5) is 12.3. The van der Waals surface area contributed by atoms with Crippen molar-refractivity contribution in [3.05, 3.63) is 71.2 Å². The highest BCUT2D eigenvalue weighted by Crippen LogP contribution is 2.38. The first-order valence-electron chi connectivity index (χ1n) is 11.4. The molecule has 1 heterocycles. The fourth-order valence-corrected chi connectivity index (χ4v) is 3.26. The maximum atomic E-state index is 12.3. The summed E-state index contributed by atoms with van der Waals surface area (Å²) >= 11 is 0. The second-order valence-electron chi connectivity index (χ2n) is 9.13. The molecule has 8 heteroatoms. The van der Waals surface area contributed by atoms with E-state index in [0.29, 0.717) is 13.2 Å². The van der Waals surface area contributed by atoms with E-state index in [1.807, 2.05) is 88.4 Å². The lowest BCUT2D eigenvalue weighted by Crippen LogP contribution is -2.41. The average Bonchev–Trinajstić information content (AvgIpc) is 3.03. The summed E-state index contributed by atoms with van der Waals surface area (Å²) in [5, 5.41) is 2.82. The van der Waals surface area contributed by atoms with Gasteiger partial charge in [0.15, 0.2) is 0 Å². The predicted octanol–water partition coefficient (Wildman–Crippen LogP) is 4.65. The number of methoxy groups -OCH3 is 1. The van der Waals surface area contributed by atoms with E-state index in [-0.39, 0.29) is 13.2 Å². The number of nitrogens with one attached hydrogen (secondary N) is 1. The van der Waals surface area contributed by atoms with Crippen molar-refractivity contribution in [3.8, 4) is 5.75 Å². The molecule has 34 heavy (non-hydrogen) atoms. The number of hydrogen-bond acceptors (Lipinski definition) is 6. The summed E-state index contributed by atoms with van der Waals surface area (Å²) in [5.74, 6) is 0.758. The molecule has 0 aliphatic carbocycles. The molecule has 0 spiro atoms. The van der Waals surface area contributed by atoms with Gasteiger partial charge in [-0.15, -0.1) is 0 Å². The van der Waals surface area contributed by atoms with Crippen LogP contribution in [0, 0.1) is 0 Å². The van der Waals surface area contributed by atoms with Crippen LogP contribution in [0.4, 0.5) is 4.79 Å². The van der Waals surface area contributed by atoms with Crippen LogP contribution < -0.4 is 10.1 Å². The van der Waals surface area contributed by atoms with Gasteiger partial charge in [0.05, 0.1) is 17.8 Å². The van der Waals surface area contributed by atoms with Crippen LogP contribution in [0.3, 0.4) is 0 Å². The fourth-order valence-electron chi connectivity index (χ4n) is 3.26. The smallest absolute Gasteiger partial charge is 0.491 e. The molecule has 1 saturated heterocycles. The molecule has 0 atom stereocenters.